The van der Waals surface area contributed by atoms with Crippen LogP contribution in [0.3, 0.4) is 0 Å². The van der Waals surface area contributed by atoms with Crippen LogP contribution in [0.2, 0.25) is 39.3 Å². The van der Waals surface area contributed by atoms with E-state index in [1.807, 2.05) is 48.5 Å². The van der Waals surface area contributed by atoms with Crippen molar-refractivity contribution < 1.29 is 19.1 Å². The lowest BCUT2D eigenvalue weighted by Gasteiger charge is -2.03. The maximum absolute atomic E-state index is 11.7. The molecule has 2 aromatic carbocycles. The van der Waals surface area contributed by atoms with Crippen LogP contribution in [0.15, 0.2) is 48.5 Å². The van der Waals surface area contributed by atoms with E-state index < -0.39 is 16.1 Å². The van der Waals surface area contributed by atoms with Crippen molar-refractivity contribution in [2.75, 3.05) is 13.2 Å². The van der Waals surface area contributed by atoms with Crippen molar-refractivity contribution in [1.29, 1.82) is 0 Å². The molecule has 0 spiro atoms. The normalized spacial score (nSPS) is 10.7. The molecule has 41 heavy (non-hydrogen) atoms. The van der Waals surface area contributed by atoms with Crippen molar-refractivity contribution >= 4 is 72.5 Å². The molecule has 0 radical (unpaired) electrons. The highest BCUT2D eigenvalue weighted by atomic mass is 127. The number of ether oxygens (including phenoxy) is 2. The molecule has 2 aromatic heterocycles. The molecule has 0 fully saturated rings. The number of hydrogen-bond acceptors (Lipinski definition) is 4. The SMILES string of the molecule is C#C[Si](C)(C)C.CCOC(=O)c1cc2cc(C#C[Si](C)(C)C)ccc2[nH]1.CCOC(=O)c1cc2cc(I)ccc2[nH]1. The third-order valence-electron chi connectivity index (χ3n) is 5.21. The van der Waals surface area contributed by atoms with E-state index in [1.54, 1.807) is 13.8 Å². The van der Waals surface area contributed by atoms with Crippen molar-refractivity contribution in [1.82, 2.24) is 9.97 Å². The number of aromatic nitrogens is 2. The van der Waals surface area contributed by atoms with Crippen molar-refractivity contribution in [2.45, 2.75) is 53.1 Å². The molecule has 0 bridgehead atoms. The van der Waals surface area contributed by atoms with Gasteiger partial charge in [-0.2, -0.15) is 0 Å². The molecule has 0 aliphatic heterocycles. The molecular formula is C32H39IN2O4Si2. The molecule has 0 aliphatic carbocycles. The van der Waals surface area contributed by atoms with Gasteiger partial charge in [0.25, 0.3) is 0 Å². The average Bonchev–Trinajstić information content (AvgIpc) is 3.51. The second-order valence-corrected chi connectivity index (χ2v) is 22.0. The molecule has 4 rings (SSSR count). The number of esters is 2. The molecule has 9 heteroatoms. The number of nitrogens with one attached hydrogen (secondary N) is 2. The first kappa shape index (κ1) is 33.9. The fourth-order valence-corrected chi connectivity index (χ4v) is 4.25. The number of carbonyl (C=O) groups excluding carboxylic acids is 2. The van der Waals surface area contributed by atoms with Gasteiger partial charge in [-0.15, -0.1) is 17.5 Å². The monoisotopic (exact) mass is 698 g/mol. The standard InChI is InChI=1S/C16H19NO2Si.C11H10INO2.C5H10Si/c1-5-19-16(18)15-11-13-10-12(6-7-14(13)17-15)8-9-20(2,3)4;1-2-15-11(14)10-6-7-5-8(12)3-4-9(7)13-10;1-5-6(2,3)4/h6-7,10-11,17H,5H2,1-4H3;3-6,13H,2H2,1H3;1H,2-4H3. The van der Waals surface area contributed by atoms with E-state index in [2.05, 4.69) is 88.8 Å². The zero-order chi connectivity index (χ0) is 30.8. The number of carbonyl (C=O) groups is 2. The lowest BCUT2D eigenvalue weighted by Crippen LogP contribution is -2.16. The van der Waals surface area contributed by atoms with Gasteiger partial charge in [0.1, 0.15) is 27.5 Å². The average molecular weight is 699 g/mol. The number of rotatable bonds is 4. The van der Waals surface area contributed by atoms with Crippen molar-refractivity contribution in [3.8, 4) is 23.4 Å². The van der Waals surface area contributed by atoms with Crippen LogP contribution < -0.4 is 0 Å². The van der Waals surface area contributed by atoms with Gasteiger partial charge in [0.05, 0.1) is 13.2 Å². The number of terminal acetylenes is 1. The second-order valence-electron chi connectivity index (χ2n) is 11.2. The quantitative estimate of drug-likeness (QED) is 0.0979. The first-order valence-corrected chi connectivity index (χ1v) is 21.5. The van der Waals surface area contributed by atoms with Gasteiger partial charge < -0.3 is 19.4 Å². The molecular weight excluding hydrogens is 659 g/mol. The molecule has 0 unspecified atom stereocenters. The predicted molar refractivity (Wildman–Crippen MR) is 184 cm³/mol. The molecule has 2 heterocycles. The van der Waals surface area contributed by atoms with E-state index in [4.69, 9.17) is 15.9 Å². The highest BCUT2D eigenvalue weighted by molar-refractivity contribution is 14.1. The van der Waals surface area contributed by atoms with Gasteiger partial charge in [-0.1, -0.05) is 45.2 Å². The Labute approximate surface area is 259 Å². The molecule has 0 saturated carbocycles. The molecule has 216 valence electrons. The van der Waals surface area contributed by atoms with Crippen molar-refractivity contribution in [3.05, 3.63) is 69.1 Å². The summed E-state index contributed by atoms with van der Waals surface area (Å²) >= 11 is 2.24. The number of benzene rings is 2. The van der Waals surface area contributed by atoms with E-state index in [1.165, 1.54) is 0 Å². The van der Waals surface area contributed by atoms with Crippen LogP contribution in [0.5, 0.6) is 0 Å². The van der Waals surface area contributed by atoms with Crippen LogP contribution in [0.1, 0.15) is 40.4 Å². The van der Waals surface area contributed by atoms with Crippen molar-refractivity contribution in [2.24, 2.45) is 0 Å². The highest BCUT2D eigenvalue weighted by Crippen LogP contribution is 2.19. The molecule has 6 nitrogen and oxygen atoms in total. The molecule has 2 N–H and O–H groups in total. The minimum absolute atomic E-state index is 0.302. The maximum Gasteiger partial charge on any atom is 0.354 e. The van der Waals surface area contributed by atoms with Gasteiger partial charge in [-0.3, -0.25) is 0 Å². The minimum atomic E-state index is -1.37. The number of halogens is 1. The van der Waals surface area contributed by atoms with E-state index in [-0.39, 0.29) is 11.9 Å². The number of aromatic amines is 2. The van der Waals surface area contributed by atoms with Crippen LogP contribution in [0.25, 0.3) is 21.8 Å². The lowest BCUT2D eigenvalue weighted by molar-refractivity contribution is 0.0511. The number of fused-ring (bicyclic) bond motifs is 2. The van der Waals surface area contributed by atoms with Gasteiger partial charge >= 0.3 is 11.9 Å². The van der Waals surface area contributed by atoms with E-state index in [0.29, 0.717) is 24.6 Å². The van der Waals surface area contributed by atoms with E-state index >= 15 is 0 Å². The molecule has 0 saturated heterocycles. The Morgan fingerprint density at radius 3 is 1.68 bits per heavy atom. The van der Waals surface area contributed by atoms with Gasteiger partial charge in [-0.25, -0.2) is 9.59 Å². The van der Waals surface area contributed by atoms with E-state index in [9.17, 15) is 9.59 Å². The predicted octanol–water partition coefficient (Wildman–Crippen LogP) is 8.02. The summed E-state index contributed by atoms with van der Waals surface area (Å²) in [5.41, 5.74) is 9.94. The second kappa shape index (κ2) is 15.1. The first-order chi connectivity index (χ1) is 19.2. The number of hydrogen-bond donors (Lipinski definition) is 2. The van der Waals surface area contributed by atoms with Crippen LogP contribution in [0.4, 0.5) is 0 Å². The Bertz CT molecular complexity index is 1610. The summed E-state index contributed by atoms with van der Waals surface area (Å²) in [5.74, 6) is 2.60. The van der Waals surface area contributed by atoms with Crippen molar-refractivity contribution in [3.63, 3.8) is 0 Å². The molecule has 0 atom stereocenters. The summed E-state index contributed by atoms with van der Waals surface area (Å²) < 4.78 is 11.1. The van der Waals surface area contributed by atoms with Crippen LogP contribution in [-0.4, -0.2) is 51.3 Å². The van der Waals surface area contributed by atoms with Crippen LogP contribution in [-0.2, 0) is 9.47 Å². The highest BCUT2D eigenvalue weighted by Gasteiger charge is 2.12. The Morgan fingerprint density at radius 1 is 0.780 bits per heavy atom. The van der Waals surface area contributed by atoms with Crippen LogP contribution >= 0.6 is 22.6 Å². The summed E-state index contributed by atoms with van der Waals surface area (Å²) in [6.07, 6.45) is 5.12. The van der Waals surface area contributed by atoms with Crippen LogP contribution in [0, 0.1) is 27.0 Å². The Balaban J connectivity index is 0.000000246. The summed E-state index contributed by atoms with van der Waals surface area (Å²) in [5, 5.41) is 2.01. The number of H-pyrrole nitrogens is 2. The third kappa shape index (κ3) is 11.6. The smallest absolute Gasteiger partial charge is 0.354 e. The fraction of sp³-hybridized carbons (Fsp3) is 0.312. The lowest BCUT2D eigenvalue weighted by atomic mass is 10.2. The van der Waals surface area contributed by atoms with Gasteiger partial charge in [0, 0.05) is 30.9 Å². The summed E-state index contributed by atoms with van der Waals surface area (Å²) in [7, 11) is -2.48. The topological polar surface area (TPSA) is 84.2 Å². The molecule has 0 aliphatic rings. The third-order valence-corrected chi connectivity index (χ3v) is 7.62. The van der Waals surface area contributed by atoms with Gasteiger partial charge in [0.2, 0.25) is 0 Å². The zero-order valence-electron chi connectivity index (χ0n) is 25.1. The molecule has 4 aromatic rings. The largest absolute Gasteiger partial charge is 0.461 e. The zero-order valence-corrected chi connectivity index (χ0v) is 29.3. The Hall–Kier alpha value is -3.26. The summed E-state index contributed by atoms with van der Waals surface area (Å²) in [4.78, 5) is 29.2. The Kier molecular flexibility index (Phi) is 12.5. The summed E-state index contributed by atoms with van der Waals surface area (Å²) in [6, 6.07) is 15.5. The summed E-state index contributed by atoms with van der Waals surface area (Å²) in [6.45, 7) is 17.4. The van der Waals surface area contributed by atoms with Gasteiger partial charge in [-0.05, 0) is 85.0 Å². The van der Waals surface area contributed by atoms with E-state index in [0.717, 1.165) is 30.9 Å². The maximum atomic E-state index is 11.7. The van der Waals surface area contributed by atoms with Gasteiger partial charge in [0.15, 0.2) is 0 Å². The first-order valence-electron chi connectivity index (χ1n) is 13.4. The Morgan fingerprint density at radius 2 is 1.24 bits per heavy atom. The minimum Gasteiger partial charge on any atom is -0.461 e. The molecule has 0 amide bonds. The fourth-order valence-electron chi connectivity index (χ4n) is 3.21.